The molecule has 0 N–H and O–H groups in total. The molecule has 0 radical (unpaired) electrons. The highest BCUT2D eigenvalue weighted by molar-refractivity contribution is 7.98. The molecule has 0 aliphatic rings. The lowest BCUT2D eigenvalue weighted by atomic mass is 10.1. The van der Waals surface area contributed by atoms with Crippen LogP contribution >= 0.6 is 11.8 Å². The highest BCUT2D eigenvalue weighted by Gasteiger charge is 2.03. The predicted octanol–water partition coefficient (Wildman–Crippen LogP) is 2.53. The van der Waals surface area contributed by atoms with Gasteiger partial charge in [-0.1, -0.05) is 0 Å². The molecule has 0 saturated carbocycles. The van der Waals surface area contributed by atoms with Crippen LogP contribution in [0.3, 0.4) is 0 Å². The van der Waals surface area contributed by atoms with Crippen molar-refractivity contribution in [1.82, 2.24) is 0 Å². The summed E-state index contributed by atoms with van der Waals surface area (Å²) in [6.07, 6.45) is 5.68. The summed E-state index contributed by atoms with van der Waals surface area (Å²) < 4.78 is 5.13. The van der Waals surface area contributed by atoms with Gasteiger partial charge in [0.1, 0.15) is 11.5 Å². The van der Waals surface area contributed by atoms with Gasteiger partial charge >= 0.3 is 0 Å². The molecule has 0 spiro atoms. The monoisotopic (exact) mass is 198 g/mol. The molecule has 0 unspecified atom stereocenters. The van der Waals surface area contributed by atoms with E-state index in [9.17, 15) is 4.79 Å². The van der Waals surface area contributed by atoms with Crippen molar-refractivity contribution in [2.75, 3.05) is 12.0 Å². The molecule has 0 fully saturated rings. The van der Waals surface area contributed by atoms with Gasteiger partial charge < -0.3 is 4.42 Å². The minimum atomic E-state index is 0.325. The Morgan fingerprint density at radius 3 is 3.00 bits per heavy atom. The molecular weight excluding hydrogens is 184 g/mol. The zero-order valence-electron chi connectivity index (χ0n) is 7.79. The van der Waals surface area contributed by atoms with Crippen molar-refractivity contribution in [3.63, 3.8) is 0 Å². The topological polar surface area (TPSA) is 30.2 Å². The van der Waals surface area contributed by atoms with Crippen LogP contribution in [-0.4, -0.2) is 17.8 Å². The Kier molecular flexibility index (Phi) is 4.68. The number of carbonyl (C=O) groups is 1. The van der Waals surface area contributed by atoms with E-state index in [1.54, 1.807) is 18.0 Å². The van der Waals surface area contributed by atoms with Crippen LogP contribution in [0.25, 0.3) is 0 Å². The second kappa shape index (κ2) is 5.86. The molecule has 72 valence electrons. The fourth-order valence-corrected chi connectivity index (χ4v) is 1.49. The third-order valence-electron chi connectivity index (χ3n) is 1.82. The second-order valence-electron chi connectivity index (χ2n) is 2.86. The van der Waals surface area contributed by atoms with E-state index in [0.717, 1.165) is 17.9 Å². The molecule has 1 aromatic rings. The van der Waals surface area contributed by atoms with Crippen LogP contribution in [0, 0.1) is 0 Å². The van der Waals surface area contributed by atoms with Crippen molar-refractivity contribution in [1.29, 1.82) is 0 Å². The van der Waals surface area contributed by atoms with Crippen LogP contribution in [-0.2, 0) is 11.2 Å². The van der Waals surface area contributed by atoms with Crippen LogP contribution in [0.1, 0.15) is 18.6 Å². The molecule has 13 heavy (non-hydrogen) atoms. The number of hydrogen-bond acceptors (Lipinski definition) is 3. The Morgan fingerprint density at radius 1 is 1.54 bits per heavy atom. The fraction of sp³-hybridized carbons (Fsp3) is 0.500. The molecule has 0 amide bonds. The first-order chi connectivity index (χ1) is 6.33. The number of Topliss-reactive ketones (excluding diaryl/α,β-unsaturated/α-hetero) is 1. The van der Waals surface area contributed by atoms with E-state index in [1.165, 1.54) is 0 Å². The van der Waals surface area contributed by atoms with Crippen molar-refractivity contribution in [2.24, 2.45) is 0 Å². The van der Waals surface area contributed by atoms with E-state index in [1.807, 2.05) is 18.4 Å². The molecule has 0 bridgehead atoms. The first-order valence-electron chi connectivity index (χ1n) is 4.36. The summed E-state index contributed by atoms with van der Waals surface area (Å²) in [7, 11) is 0. The summed E-state index contributed by atoms with van der Waals surface area (Å²) in [6, 6.07) is 3.75. The Labute approximate surface area is 82.7 Å². The molecule has 2 nitrogen and oxygen atoms in total. The number of ketones is 1. The minimum Gasteiger partial charge on any atom is -0.469 e. The number of carbonyl (C=O) groups excluding carboxylic acids is 1. The Bertz CT molecular complexity index is 241. The van der Waals surface area contributed by atoms with Gasteiger partial charge in [-0.15, -0.1) is 0 Å². The predicted molar refractivity (Wildman–Crippen MR) is 55.0 cm³/mol. The van der Waals surface area contributed by atoms with Gasteiger partial charge in [0.25, 0.3) is 0 Å². The number of hydrogen-bond donors (Lipinski definition) is 0. The molecule has 0 aliphatic heterocycles. The lowest BCUT2D eigenvalue weighted by Crippen LogP contribution is -2.00. The fourth-order valence-electron chi connectivity index (χ4n) is 1.06. The number of aryl methyl sites for hydroxylation is 1. The van der Waals surface area contributed by atoms with E-state index in [2.05, 4.69) is 0 Å². The molecule has 1 rings (SSSR count). The zero-order valence-corrected chi connectivity index (χ0v) is 8.60. The van der Waals surface area contributed by atoms with Crippen molar-refractivity contribution < 1.29 is 9.21 Å². The normalized spacial score (nSPS) is 10.2. The summed E-state index contributed by atoms with van der Waals surface area (Å²) in [4.78, 5) is 11.2. The van der Waals surface area contributed by atoms with Crippen molar-refractivity contribution in [2.45, 2.75) is 19.3 Å². The standard InChI is InChI=1S/C10H14O2S/c1-13-8-6-9(11)4-5-10-3-2-7-12-10/h2-3,7H,4-6,8H2,1H3. The van der Waals surface area contributed by atoms with Crippen LogP contribution in [0.5, 0.6) is 0 Å². The first kappa shape index (κ1) is 10.4. The SMILES string of the molecule is CSCCC(=O)CCc1ccco1. The van der Waals surface area contributed by atoms with Crippen LogP contribution in [0.2, 0.25) is 0 Å². The van der Waals surface area contributed by atoms with E-state index in [0.29, 0.717) is 18.6 Å². The Morgan fingerprint density at radius 2 is 2.38 bits per heavy atom. The summed E-state index contributed by atoms with van der Waals surface area (Å²) in [5.74, 6) is 2.15. The van der Waals surface area contributed by atoms with Crippen LogP contribution in [0.4, 0.5) is 0 Å². The maximum Gasteiger partial charge on any atom is 0.134 e. The van der Waals surface area contributed by atoms with Crippen molar-refractivity contribution in [3.05, 3.63) is 24.2 Å². The van der Waals surface area contributed by atoms with Crippen molar-refractivity contribution >= 4 is 17.5 Å². The maximum absolute atomic E-state index is 11.2. The molecule has 1 aromatic heterocycles. The zero-order chi connectivity index (χ0) is 9.52. The number of rotatable bonds is 6. The van der Waals surface area contributed by atoms with Gasteiger partial charge in [0.2, 0.25) is 0 Å². The van der Waals surface area contributed by atoms with E-state index in [-0.39, 0.29) is 0 Å². The first-order valence-corrected chi connectivity index (χ1v) is 5.75. The molecule has 0 atom stereocenters. The molecule has 1 heterocycles. The maximum atomic E-state index is 11.2. The van der Waals surface area contributed by atoms with Gasteiger partial charge in [-0.25, -0.2) is 0 Å². The molecule has 0 aromatic carbocycles. The quantitative estimate of drug-likeness (QED) is 0.703. The van der Waals surface area contributed by atoms with Crippen LogP contribution in [0.15, 0.2) is 22.8 Å². The van der Waals surface area contributed by atoms with Crippen LogP contribution < -0.4 is 0 Å². The van der Waals surface area contributed by atoms with Crippen molar-refractivity contribution in [3.8, 4) is 0 Å². The average molecular weight is 198 g/mol. The van der Waals surface area contributed by atoms with E-state index < -0.39 is 0 Å². The molecule has 0 aliphatic carbocycles. The Balaban J connectivity index is 2.15. The van der Waals surface area contributed by atoms with Gasteiger partial charge in [-0.3, -0.25) is 4.79 Å². The summed E-state index contributed by atoms with van der Waals surface area (Å²) in [5.41, 5.74) is 0. The largest absolute Gasteiger partial charge is 0.469 e. The Hall–Kier alpha value is -0.700. The third-order valence-corrected chi connectivity index (χ3v) is 2.43. The minimum absolute atomic E-state index is 0.325. The molecule has 3 heteroatoms. The average Bonchev–Trinajstić information content (AvgIpc) is 2.64. The van der Waals surface area contributed by atoms with E-state index in [4.69, 9.17) is 4.42 Å². The second-order valence-corrected chi connectivity index (χ2v) is 3.85. The third kappa shape index (κ3) is 4.18. The smallest absolute Gasteiger partial charge is 0.134 e. The van der Waals surface area contributed by atoms with Gasteiger partial charge in [-0.2, -0.15) is 11.8 Å². The highest BCUT2D eigenvalue weighted by atomic mass is 32.2. The summed E-state index contributed by atoms with van der Waals surface area (Å²) >= 11 is 1.71. The van der Waals surface area contributed by atoms with Gasteiger partial charge in [-0.05, 0) is 24.1 Å². The summed E-state index contributed by atoms with van der Waals surface area (Å²) in [5, 5.41) is 0. The molecular formula is C10H14O2S. The molecule has 0 saturated heterocycles. The summed E-state index contributed by atoms with van der Waals surface area (Å²) in [6.45, 7) is 0. The van der Waals surface area contributed by atoms with Gasteiger partial charge in [0.05, 0.1) is 6.26 Å². The van der Waals surface area contributed by atoms with Gasteiger partial charge in [0.15, 0.2) is 0 Å². The lowest BCUT2D eigenvalue weighted by Gasteiger charge is -1.97. The van der Waals surface area contributed by atoms with Gasteiger partial charge in [0, 0.05) is 19.3 Å². The number of furan rings is 1. The van der Waals surface area contributed by atoms with E-state index >= 15 is 0 Å². The highest BCUT2D eigenvalue weighted by Crippen LogP contribution is 2.06. The number of thioether (sulfide) groups is 1. The lowest BCUT2D eigenvalue weighted by molar-refractivity contribution is -0.118.